The summed E-state index contributed by atoms with van der Waals surface area (Å²) in [5, 5.41) is 3.29. The molecule has 0 bridgehead atoms. The minimum absolute atomic E-state index is 0.819. The second-order valence-electron chi connectivity index (χ2n) is 3.92. The number of hydrogen-bond donors (Lipinski definition) is 2. The molecular weight excluding hydrogens is 240 g/mol. The van der Waals surface area contributed by atoms with Crippen molar-refractivity contribution < 1.29 is 0 Å². The Kier molecular flexibility index (Phi) is 3.08. The zero-order valence-electron chi connectivity index (χ0n) is 8.09. The Morgan fingerprint density at radius 1 is 1.43 bits per heavy atom. The van der Waals surface area contributed by atoms with Crippen molar-refractivity contribution in [2.75, 3.05) is 18.8 Å². The molecule has 0 saturated carbocycles. The molecule has 1 aromatic carbocycles. The Morgan fingerprint density at radius 3 is 2.79 bits per heavy atom. The molecular formula is C11H15BrN2. The van der Waals surface area contributed by atoms with Gasteiger partial charge in [-0.3, -0.25) is 0 Å². The fourth-order valence-electron chi connectivity index (χ4n) is 1.65. The third-order valence-corrected chi connectivity index (χ3v) is 3.46. The lowest BCUT2D eigenvalue weighted by molar-refractivity contribution is 0.328. The monoisotopic (exact) mass is 254 g/mol. The minimum atomic E-state index is 0.819. The van der Waals surface area contributed by atoms with Gasteiger partial charge in [0.1, 0.15) is 0 Å². The van der Waals surface area contributed by atoms with E-state index in [1.54, 1.807) is 0 Å². The fraction of sp³-hybridized carbons (Fsp3) is 0.455. The Balaban J connectivity index is 1.91. The van der Waals surface area contributed by atoms with Crippen LogP contribution in [0.2, 0.25) is 0 Å². The average molecular weight is 255 g/mol. The third-order valence-electron chi connectivity index (χ3n) is 2.77. The van der Waals surface area contributed by atoms with Gasteiger partial charge in [-0.25, -0.2) is 0 Å². The van der Waals surface area contributed by atoms with Gasteiger partial charge in [0.15, 0.2) is 0 Å². The van der Waals surface area contributed by atoms with E-state index in [1.807, 2.05) is 6.07 Å². The topological polar surface area (TPSA) is 38.0 Å². The van der Waals surface area contributed by atoms with Crippen LogP contribution in [-0.4, -0.2) is 13.1 Å². The van der Waals surface area contributed by atoms with Crippen LogP contribution in [0.15, 0.2) is 22.7 Å². The van der Waals surface area contributed by atoms with Crippen LogP contribution in [0.25, 0.3) is 0 Å². The summed E-state index contributed by atoms with van der Waals surface area (Å²) in [7, 11) is 0. The first-order chi connectivity index (χ1) is 6.75. The quantitative estimate of drug-likeness (QED) is 0.812. The third kappa shape index (κ3) is 2.28. The van der Waals surface area contributed by atoms with Gasteiger partial charge in [0.05, 0.1) is 0 Å². The second kappa shape index (κ2) is 4.32. The van der Waals surface area contributed by atoms with Gasteiger partial charge in [0.25, 0.3) is 0 Å². The molecule has 2 rings (SSSR count). The number of nitrogens with one attached hydrogen (secondary N) is 1. The summed E-state index contributed by atoms with van der Waals surface area (Å²) < 4.78 is 1.02. The van der Waals surface area contributed by atoms with Crippen molar-refractivity contribution in [3.8, 4) is 0 Å². The van der Waals surface area contributed by atoms with Crippen molar-refractivity contribution in [3.05, 3.63) is 28.2 Å². The highest BCUT2D eigenvalue weighted by atomic mass is 79.9. The first kappa shape index (κ1) is 9.99. The van der Waals surface area contributed by atoms with Gasteiger partial charge < -0.3 is 11.1 Å². The molecule has 1 aliphatic heterocycles. The summed E-state index contributed by atoms with van der Waals surface area (Å²) in [6.45, 7) is 2.38. The highest BCUT2D eigenvalue weighted by molar-refractivity contribution is 9.10. The number of nitrogen functional groups attached to an aromatic ring is 1. The summed E-state index contributed by atoms with van der Waals surface area (Å²) in [5.41, 5.74) is 7.92. The molecule has 3 heteroatoms. The van der Waals surface area contributed by atoms with Crippen molar-refractivity contribution in [3.63, 3.8) is 0 Å². The fourth-order valence-corrected chi connectivity index (χ4v) is 2.08. The van der Waals surface area contributed by atoms with Gasteiger partial charge >= 0.3 is 0 Å². The average Bonchev–Trinajstić information content (AvgIpc) is 2.08. The maximum atomic E-state index is 5.73. The van der Waals surface area contributed by atoms with Crippen molar-refractivity contribution in [2.24, 2.45) is 5.92 Å². The van der Waals surface area contributed by atoms with E-state index in [-0.39, 0.29) is 0 Å². The molecule has 1 heterocycles. The lowest BCUT2D eigenvalue weighted by Gasteiger charge is -2.26. The first-order valence-corrected chi connectivity index (χ1v) is 5.79. The molecule has 1 fully saturated rings. The van der Waals surface area contributed by atoms with Crippen LogP contribution in [0.3, 0.4) is 0 Å². The number of aryl methyl sites for hydroxylation is 1. The number of benzene rings is 1. The van der Waals surface area contributed by atoms with Gasteiger partial charge in [0, 0.05) is 10.2 Å². The summed E-state index contributed by atoms with van der Waals surface area (Å²) in [6, 6.07) is 6.21. The first-order valence-electron chi connectivity index (χ1n) is 5.00. The van der Waals surface area contributed by atoms with Gasteiger partial charge in [0.2, 0.25) is 0 Å². The van der Waals surface area contributed by atoms with E-state index in [1.165, 1.54) is 25.1 Å². The largest absolute Gasteiger partial charge is 0.398 e. The van der Waals surface area contributed by atoms with Gasteiger partial charge in [-0.2, -0.15) is 0 Å². The van der Waals surface area contributed by atoms with E-state index in [0.717, 1.165) is 22.5 Å². The second-order valence-corrected chi connectivity index (χ2v) is 4.77. The smallest absolute Gasteiger partial charge is 0.0458 e. The molecule has 1 saturated heterocycles. The number of hydrogen-bond acceptors (Lipinski definition) is 2. The van der Waals surface area contributed by atoms with Crippen LogP contribution >= 0.6 is 15.9 Å². The SMILES string of the molecule is Nc1ccc(CCC2CNC2)cc1Br. The summed E-state index contributed by atoms with van der Waals surface area (Å²) >= 11 is 3.45. The minimum Gasteiger partial charge on any atom is -0.398 e. The molecule has 76 valence electrons. The van der Waals surface area contributed by atoms with Crippen LogP contribution in [0.1, 0.15) is 12.0 Å². The normalized spacial score (nSPS) is 16.6. The summed E-state index contributed by atoms with van der Waals surface area (Å²) in [4.78, 5) is 0. The molecule has 2 nitrogen and oxygen atoms in total. The molecule has 3 N–H and O–H groups in total. The number of nitrogens with two attached hydrogens (primary N) is 1. The number of rotatable bonds is 3. The summed E-state index contributed by atoms with van der Waals surface area (Å²) in [5.74, 6) is 0.881. The highest BCUT2D eigenvalue weighted by Crippen LogP contribution is 2.22. The molecule has 0 aliphatic carbocycles. The molecule has 0 unspecified atom stereocenters. The van der Waals surface area contributed by atoms with Crippen LogP contribution in [0.4, 0.5) is 5.69 Å². The molecule has 0 atom stereocenters. The summed E-state index contributed by atoms with van der Waals surface area (Å²) in [6.07, 6.45) is 2.44. The maximum absolute atomic E-state index is 5.73. The van der Waals surface area contributed by atoms with Crippen LogP contribution in [-0.2, 0) is 6.42 Å². The molecule has 1 aliphatic rings. The molecule has 0 aromatic heterocycles. The predicted octanol–water partition coefficient (Wildman–Crippen LogP) is 2.18. The lowest BCUT2D eigenvalue weighted by atomic mass is 9.95. The van der Waals surface area contributed by atoms with Crippen molar-refractivity contribution in [1.82, 2.24) is 5.32 Å². The van der Waals surface area contributed by atoms with E-state index in [0.29, 0.717) is 0 Å². The van der Waals surface area contributed by atoms with E-state index < -0.39 is 0 Å². The van der Waals surface area contributed by atoms with E-state index in [4.69, 9.17) is 5.73 Å². The molecule has 1 aromatic rings. The predicted molar refractivity (Wildman–Crippen MR) is 63.2 cm³/mol. The van der Waals surface area contributed by atoms with E-state index in [9.17, 15) is 0 Å². The van der Waals surface area contributed by atoms with E-state index >= 15 is 0 Å². The molecule has 0 radical (unpaired) electrons. The Bertz CT molecular complexity index is 321. The molecule has 14 heavy (non-hydrogen) atoms. The van der Waals surface area contributed by atoms with Gasteiger partial charge in [-0.1, -0.05) is 6.07 Å². The Labute approximate surface area is 93.0 Å². The standard InChI is InChI=1S/C11H15BrN2/c12-10-5-8(3-4-11(10)13)1-2-9-6-14-7-9/h3-5,9,14H,1-2,6-7,13H2. The highest BCUT2D eigenvalue weighted by Gasteiger charge is 2.15. The number of halogens is 1. The van der Waals surface area contributed by atoms with Crippen LogP contribution < -0.4 is 11.1 Å². The zero-order valence-corrected chi connectivity index (χ0v) is 9.68. The molecule has 0 spiro atoms. The maximum Gasteiger partial charge on any atom is 0.0458 e. The molecule has 0 amide bonds. The van der Waals surface area contributed by atoms with Crippen LogP contribution in [0.5, 0.6) is 0 Å². The van der Waals surface area contributed by atoms with Gasteiger partial charge in [-0.15, -0.1) is 0 Å². The zero-order chi connectivity index (χ0) is 9.97. The number of anilines is 1. The van der Waals surface area contributed by atoms with Gasteiger partial charge in [-0.05, 0) is 65.5 Å². The Morgan fingerprint density at radius 2 is 2.21 bits per heavy atom. The Hall–Kier alpha value is -0.540. The van der Waals surface area contributed by atoms with Crippen molar-refractivity contribution in [2.45, 2.75) is 12.8 Å². The van der Waals surface area contributed by atoms with E-state index in [2.05, 4.69) is 33.4 Å². The lowest BCUT2D eigenvalue weighted by Crippen LogP contribution is -2.42. The van der Waals surface area contributed by atoms with Crippen molar-refractivity contribution in [1.29, 1.82) is 0 Å². The van der Waals surface area contributed by atoms with Crippen LogP contribution in [0, 0.1) is 5.92 Å². The van der Waals surface area contributed by atoms with Crippen molar-refractivity contribution >= 4 is 21.6 Å².